The van der Waals surface area contributed by atoms with Gasteiger partial charge in [0.1, 0.15) is 0 Å². The van der Waals surface area contributed by atoms with Crippen molar-refractivity contribution in [2.45, 2.75) is 0 Å². The average Bonchev–Trinajstić information content (AvgIpc) is 1.69. The molecule has 0 spiro atoms. The minimum atomic E-state index is 0.194. The fourth-order valence-corrected chi connectivity index (χ4v) is 0. The molecule has 0 aliphatic rings. The Morgan fingerprint density at radius 3 is 1.86 bits per heavy atom. The molecule has 7 heavy (non-hydrogen) atoms. The van der Waals surface area contributed by atoms with Gasteiger partial charge < -0.3 is 4.74 Å². The normalized spacial score (nSPS) is 5.57. The summed E-state index contributed by atoms with van der Waals surface area (Å²) in [4.78, 5) is 8.95. The number of carbonyl (C=O) groups excluding carboxylic acids is 1. The zero-order valence-electron chi connectivity index (χ0n) is 3.86. The van der Waals surface area contributed by atoms with Crippen molar-refractivity contribution in [3.63, 3.8) is 0 Å². The molecule has 44 valence electrons. The van der Waals surface area contributed by atoms with Crippen LogP contribution in [0, 0.1) is 0 Å². The summed E-state index contributed by atoms with van der Waals surface area (Å²) in [5.74, 6) is 0. The number of hydrogen-bond donors (Lipinski definition) is 0. The summed E-state index contributed by atoms with van der Waals surface area (Å²) in [6.07, 6.45) is 0. The van der Waals surface area contributed by atoms with Gasteiger partial charge in [-0.2, -0.15) is 0 Å². The molecule has 0 aromatic rings. The van der Waals surface area contributed by atoms with E-state index < -0.39 is 0 Å². The highest BCUT2D eigenvalue weighted by molar-refractivity contribution is 6.40. The molecule has 0 saturated heterocycles. The van der Waals surface area contributed by atoms with Crippen LogP contribution in [0.2, 0.25) is 0 Å². The first-order valence-electron chi connectivity index (χ1n) is 1.41. The molecular formula is C3H6Cl2O2. The zero-order chi connectivity index (χ0) is 6.12. The van der Waals surface area contributed by atoms with Crippen molar-refractivity contribution < 1.29 is 9.53 Å². The van der Waals surface area contributed by atoms with Gasteiger partial charge in [0.15, 0.2) is 0 Å². The van der Waals surface area contributed by atoms with Crippen LogP contribution >= 0.6 is 23.2 Å². The van der Waals surface area contributed by atoms with Crippen molar-refractivity contribution >= 4 is 29.7 Å². The predicted octanol–water partition coefficient (Wildman–Crippen LogP) is 1.21. The van der Waals surface area contributed by atoms with Gasteiger partial charge in [0, 0.05) is 0 Å². The smallest absolute Gasteiger partial charge is 0.292 e. The lowest BCUT2D eigenvalue weighted by Gasteiger charge is -1.67. The molecule has 0 unspecified atom stereocenters. The largest absolute Gasteiger partial charge is 0.471 e. The average molecular weight is 145 g/mol. The first kappa shape index (κ1) is 10.1. The summed E-state index contributed by atoms with van der Waals surface area (Å²) in [6.45, 7) is 0.375. The lowest BCUT2D eigenvalue weighted by Crippen LogP contribution is -1.68. The molecule has 0 aliphatic heterocycles. The van der Waals surface area contributed by atoms with Crippen LogP contribution in [0.25, 0.3) is 0 Å². The van der Waals surface area contributed by atoms with Gasteiger partial charge in [0.05, 0.1) is 12.4 Å². The lowest BCUT2D eigenvalue weighted by atomic mass is 11.5. The Morgan fingerprint density at radius 2 is 1.86 bits per heavy atom. The number of methoxy groups -OCH3 is 1. The van der Waals surface area contributed by atoms with Gasteiger partial charge in [-0.05, 0) is 0 Å². The minimum Gasteiger partial charge on any atom is -0.471 e. The molecule has 0 radical (unpaired) electrons. The van der Waals surface area contributed by atoms with Crippen molar-refractivity contribution in [1.82, 2.24) is 0 Å². The second-order valence-electron chi connectivity index (χ2n) is 0.433. The third kappa shape index (κ3) is 90.0. The third-order valence-corrected chi connectivity index (χ3v) is 0.0962. The van der Waals surface area contributed by atoms with E-state index in [0.29, 0.717) is 6.47 Å². The Hall–Kier alpha value is 0.0500. The molecule has 2 nitrogen and oxygen atoms in total. The number of ether oxygens (including phenoxy) is 1. The number of alkyl halides is 2. The molecule has 0 fully saturated rings. The Balaban J connectivity index is 0. The monoisotopic (exact) mass is 144 g/mol. The van der Waals surface area contributed by atoms with E-state index in [9.17, 15) is 0 Å². The van der Waals surface area contributed by atoms with E-state index in [4.69, 9.17) is 28.0 Å². The van der Waals surface area contributed by atoms with Crippen LogP contribution in [-0.2, 0) is 9.53 Å². The first-order valence-corrected chi connectivity index (χ1v) is 2.48. The number of carbonyl (C=O) groups is 1. The zero-order valence-corrected chi connectivity index (χ0v) is 5.37. The molecule has 4 heteroatoms. The van der Waals surface area contributed by atoms with Crippen LogP contribution < -0.4 is 0 Å². The van der Waals surface area contributed by atoms with Crippen LogP contribution in [0.3, 0.4) is 0 Å². The lowest BCUT2D eigenvalue weighted by molar-refractivity contribution is -0.126. The van der Waals surface area contributed by atoms with Gasteiger partial charge >= 0.3 is 0 Å². The molecular weight excluding hydrogens is 139 g/mol. The summed E-state index contributed by atoms with van der Waals surface area (Å²) < 4.78 is 3.86. The van der Waals surface area contributed by atoms with E-state index in [-0.39, 0.29) is 5.34 Å². The van der Waals surface area contributed by atoms with Gasteiger partial charge in [0.25, 0.3) is 6.47 Å². The molecule has 0 heterocycles. The molecule has 0 amide bonds. The maximum atomic E-state index is 8.95. The standard InChI is InChI=1S/C2H4O2.CH2Cl2/c1-4-2-3;2-1-3/h2H,1H3;1H2. The second-order valence-corrected chi connectivity index (χ2v) is 1.24. The Bertz CT molecular complexity index is 32.1. The van der Waals surface area contributed by atoms with E-state index in [0.717, 1.165) is 0 Å². The van der Waals surface area contributed by atoms with E-state index in [2.05, 4.69) is 4.74 Å². The van der Waals surface area contributed by atoms with Crippen molar-refractivity contribution in [3.8, 4) is 0 Å². The van der Waals surface area contributed by atoms with Gasteiger partial charge in [-0.1, -0.05) is 0 Å². The van der Waals surface area contributed by atoms with E-state index in [1.165, 1.54) is 7.11 Å². The second kappa shape index (κ2) is 16.6. The summed E-state index contributed by atoms with van der Waals surface area (Å²) in [5.41, 5.74) is 0. The van der Waals surface area contributed by atoms with Gasteiger partial charge in [-0.15, -0.1) is 23.2 Å². The van der Waals surface area contributed by atoms with Crippen molar-refractivity contribution in [3.05, 3.63) is 0 Å². The van der Waals surface area contributed by atoms with E-state index >= 15 is 0 Å². The maximum absolute atomic E-state index is 8.95. The van der Waals surface area contributed by atoms with Crippen LogP contribution in [0.4, 0.5) is 0 Å². The summed E-state index contributed by atoms with van der Waals surface area (Å²) in [6, 6.07) is 0. The number of halogens is 2. The Morgan fingerprint density at radius 1 is 1.71 bits per heavy atom. The molecule has 0 atom stereocenters. The molecule has 0 rings (SSSR count). The molecule has 0 aliphatic carbocycles. The third-order valence-electron chi connectivity index (χ3n) is 0.0962. The first-order chi connectivity index (χ1) is 3.33. The molecule has 0 saturated carbocycles. The highest BCUT2D eigenvalue weighted by Gasteiger charge is 1.44. The van der Waals surface area contributed by atoms with Crippen molar-refractivity contribution in [2.24, 2.45) is 0 Å². The maximum Gasteiger partial charge on any atom is 0.292 e. The minimum absolute atomic E-state index is 0.194. The molecule has 0 bridgehead atoms. The number of hydrogen-bond acceptors (Lipinski definition) is 2. The van der Waals surface area contributed by atoms with Crippen LogP contribution in [0.1, 0.15) is 0 Å². The molecule has 0 aromatic heterocycles. The highest BCUT2D eigenvalue weighted by Crippen LogP contribution is 1.73. The van der Waals surface area contributed by atoms with E-state index in [1.54, 1.807) is 0 Å². The van der Waals surface area contributed by atoms with Gasteiger partial charge in [-0.25, -0.2) is 0 Å². The number of rotatable bonds is 1. The quantitative estimate of drug-likeness (QED) is 0.409. The fourth-order valence-electron chi connectivity index (χ4n) is 0. The molecule has 0 N–H and O–H groups in total. The Kier molecular flexibility index (Phi) is 24.0. The molecule has 0 aromatic carbocycles. The predicted molar refractivity (Wildman–Crippen MR) is 29.6 cm³/mol. The van der Waals surface area contributed by atoms with Crippen molar-refractivity contribution in [1.29, 1.82) is 0 Å². The van der Waals surface area contributed by atoms with Crippen LogP contribution in [-0.4, -0.2) is 18.9 Å². The van der Waals surface area contributed by atoms with Crippen LogP contribution in [0.15, 0.2) is 0 Å². The topological polar surface area (TPSA) is 26.3 Å². The van der Waals surface area contributed by atoms with Crippen molar-refractivity contribution in [2.75, 3.05) is 12.4 Å². The summed E-state index contributed by atoms with van der Waals surface area (Å²) in [5, 5.41) is 0.194. The van der Waals surface area contributed by atoms with Crippen LogP contribution in [0.5, 0.6) is 0 Å². The SMILES string of the molecule is COC=O.ClCCl. The van der Waals surface area contributed by atoms with Gasteiger partial charge in [0.2, 0.25) is 0 Å². The fraction of sp³-hybridized carbons (Fsp3) is 0.667. The van der Waals surface area contributed by atoms with Gasteiger partial charge in [-0.3, -0.25) is 4.79 Å². The summed E-state index contributed by atoms with van der Waals surface area (Å²) in [7, 11) is 1.31. The summed E-state index contributed by atoms with van der Waals surface area (Å²) >= 11 is 9.53. The Labute approximate surface area is 52.4 Å². The van der Waals surface area contributed by atoms with E-state index in [1.807, 2.05) is 0 Å². The highest BCUT2D eigenvalue weighted by atomic mass is 35.5.